The maximum absolute atomic E-state index is 4.60. The molecule has 5 heterocycles. The lowest BCUT2D eigenvalue weighted by atomic mass is 10.1. The van der Waals surface area contributed by atoms with Crippen molar-refractivity contribution in [1.82, 2.24) is 34.7 Å². The zero-order valence-corrected chi connectivity index (χ0v) is 20.6. The number of nitrogens with one attached hydrogen (secondary N) is 3. The van der Waals surface area contributed by atoms with Gasteiger partial charge in [0.15, 0.2) is 5.65 Å². The summed E-state index contributed by atoms with van der Waals surface area (Å²) in [6.45, 7) is 14.0. The zero-order chi connectivity index (χ0) is 25.2. The number of rotatable bonds is 8. The molecular formula is C28H28N8. The number of hydrogen-bond acceptors (Lipinski definition) is 5. The van der Waals surface area contributed by atoms with E-state index in [0.717, 1.165) is 68.4 Å². The van der Waals surface area contributed by atoms with E-state index in [1.54, 1.807) is 12.3 Å². The number of nitrogens with zero attached hydrogens (tertiary/aromatic N) is 5. The van der Waals surface area contributed by atoms with Crippen LogP contribution >= 0.6 is 0 Å². The number of fused-ring (bicyclic) bond motifs is 1. The van der Waals surface area contributed by atoms with Crippen LogP contribution in [0.4, 0.5) is 5.69 Å². The minimum absolute atomic E-state index is 0.649. The monoisotopic (exact) mass is 476 g/mol. The van der Waals surface area contributed by atoms with E-state index >= 15 is 0 Å². The maximum atomic E-state index is 4.60. The molecule has 8 nitrogen and oxygen atoms in total. The fourth-order valence-corrected chi connectivity index (χ4v) is 4.16. The molecule has 8 heteroatoms. The number of imidazole rings is 1. The number of anilines is 1. The first kappa shape index (κ1) is 23.0. The summed E-state index contributed by atoms with van der Waals surface area (Å²) in [5.41, 5.74) is 10.2. The van der Waals surface area contributed by atoms with Crippen LogP contribution in [0.25, 0.3) is 39.2 Å². The predicted octanol–water partition coefficient (Wildman–Crippen LogP) is 6.24. The van der Waals surface area contributed by atoms with Crippen LogP contribution in [-0.4, -0.2) is 34.7 Å². The van der Waals surface area contributed by atoms with Crippen molar-refractivity contribution in [2.75, 3.05) is 5.32 Å². The molecule has 0 atom stereocenters. The summed E-state index contributed by atoms with van der Waals surface area (Å²) in [4.78, 5) is 16.9. The van der Waals surface area contributed by atoms with Crippen LogP contribution in [0.2, 0.25) is 0 Å². The second-order valence-corrected chi connectivity index (χ2v) is 8.67. The Kier molecular flexibility index (Phi) is 6.08. The van der Waals surface area contributed by atoms with Crippen LogP contribution in [0.5, 0.6) is 0 Å². The van der Waals surface area contributed by atoms with E-state index in [-0.39, 0.29) is 0 Å². The number of aryl methyl sites for hydroxylation is 2. The van der Waals surface area contributed by atoms with E-state index in [9.17, 15) is 0 Å². The molecule has 3 N–H and O–H groups in total. The molecule has 0 unspecified atom stereocenters. The zero-order valence-electron chi connectivity index (χ0n) is 20.6. The molecule has 0 aliphatic carbocycles. The molecule has 5 aromatic rings. The second kappa shape index (κ2) is 9.50. The molecule has 0 bridgehead atoms. The second-order valence-electron chi connectivity index (χ2n) is 8.67. The van der Waals surface area contributed by atoms with Crippen molar-refractivity contribution in [1.29, 1.82) is 0 Å². The summed E-state index contributed by atoms with van der Waals surface area (Å²) in [5, 5.41) is 11.8. The lowest BCUT2D eigenvalue weighted by Gasteiger charge is -2.09. The molecule has 0 aliphatic rings. The predicted molar refractivity (Wildman–Crippen MR) is 145 cm³/mol. The molecule has 180 valence electrons. The Bertz CT molecular complexity index is 1610. The molecule has 5 rings (SSSR count). The molecule has 36 heavy (non-hydrogen) atoms. The third-order valence-corrected chi connectivity index (χ3v) is 6.05. The van der Waals surface area contributed by atoms with Crippen LogP contribution in [-0.2, 0) is 0 Å². The molecule has 0 fully saturated rings. The maximum Gasteiger partial charge on any atom is 0.181 e. The van der Waals surface area contributed by atoms with Gasteiger partial charge in [0.25, 0.3) is 0 Å². The lowest BCUT2D eigenvalue weighted by Crippen LogP contribution is -1.97. The number of aromatic nitrogens is 7. The summed E-state index contributed by atoms with van der Waals surface area (Å²) in [5.74, 6) is 0. The molecule has 0 aliphatic heterocycles. The Labute approximate surface area is 209 Å². The summed E-state index contributed by atoms with van der Waals surface area (Å²) in [6, 6.07) is 6.25. The first-order valence-electron chi connectivity index (χ1n) is 11.7. The molecule has 0 saturated heterocycles. The fourth-order valence-electron chi connectivity index (χ4n) is 4.16. The highest BCUT2D eigenvalue weighted by molar-refractivity contribution is 5.93. The largest absolute Gasteiger partial charge is 0.358 e. The van der Waals surface area contributed by atoms with Gasteiger partial charge in [-0.2, -0.15) is 5.10 Å². The average molecular weight is 477 g/mol. The summed E-state index contributed by atoms with van der Waals surface area (Å²) in [6.07, 6.45) is 13.9. The van der Waals surface area contributed by atoms with Crippen molar-refractivity contribution in [3.05, 3.63) is 97.3 Å². The van der Waals surface area contributed by atoms with Gasteiger partial charge in [0.1, 0.15) is 0 Å². The normalized spacial score (nSPS) is 11.7. The van der Waals surface area contributed by atoms with Crippen LogP contribution < -0.4 is 5.32 Å². The fraction of sp³-hybridized carbons (Fsp3) is 0.143. The van der Waals surface area contributed by atoms with Gasteiger partial charge in [-0.1, -0.05) is 26.2 Å². The van der Waals surface area contributed by atoms with Gasteiger partial charge in [-0.3, -0.25) is 10.1 Å². The van der Waals surface area contributed by atoms with Gasteiger partial charge in [0.2, 0.25) is 0 Å². The summed E-state index contributed by atoms with van der Waals surface area (Å²) in [7, 11) is 0. The van der Waals surface area contributed by atoms with E-state index in [0.29, 0.717) is 5.65 Å². The van der Waals surface area contributed by atoms with Crippen LogP contribution in [0.3, 0.4) is 0 Å². The Hall–Kier alpha value is -4.72. The van der Waals surface area contributed by atoms with Crippen molar-refractivity contribution in [2.45, 2.75) is 27.2 Å². The molecule has 0 aromatic carbocycles. The number of H-pyrrole nitrogens is 2. The van der Waals surface area contributed by atoms with Gasteiger partial charge in [-0.15, -0.1) is 0 Å². The highest BCUT2D eigenvalue weighted by Gasteiger charge is 2.17. The molecule has 0 saturated carbocycles. The van der Waals surface area contributed by atoms with Gasteiger partial charge in [-0.25, -0.2) is 9.97 Å². The van der Waals surface area contributed by atoms with Crippen molar-refractivity contribution in [3.63, 3.8) is 0 Å². The highest BCUT2D eigenvalue weighted by atomic mass is 15.2. The topological polar surface area (TPSA) is 100 Å². The van der Waals surface area contributed by atoms with E-state index in [1.807, 2.05) is 48.6 Å². The minimum atomic E-state index is 0.649. The van der Waals surface area contributed by atoms with Crippen molar-refractivity contribution >= 4 is 22.4 Å². The van der Waals surface area contributed by atoms with Crippen molar-refractivity contribution in [3.8, 4) is 22.5 Å². The standard InChI is InChI=1S/C28H28N8/c1-6-8-26(36-15-18(4)31-16-36)23-11-25(33-19(23)5)27-24-10-21(13-30-28(24)35-34-27)20-9-22(14-29-12-20)32-17(3)7-2/h6,8-16,32-33H,1,3,7H2,2,4-5H3,(H,30,34,35)/b26-8+. The summed E-state index contributed by atoms with van der Waals surface area (Å²) < 4.78 is 2.00. The number of pyridine rings is 2. The van der Waals surface area contributed by atoms with E-state index in [1.165, 1.54) is 0 Å². The van der Waals surface area contributed by atoms with Gasteiger partial charge in [0, 0.05) is 52.1 Å². The SMILES string of the molecule is C=C/C=C(\c1cc(-c2[nH]nc3ncc(-c4cncc(NC(=C)CC)c4)cc23)[nH]c1C)n1cnc(C)c1. The first-order valence-corrected chi connectivity index (χ1v) is 11.7. The van der Waals surface area contributed by atoms with Gasteiger partial charge >= 0.3 is 0 Å². The Morgan fingerprint density at radius 2 is 1.94 bits per heavy atom. The van der Waals surface area contributed by atoms with Crippen LogP contribution in [0.15, 0.2) is 80.3 Å². The van der Waals surface area contributed by atoms with Crippen LogP contribution in [0, 0.1) is 13.8 Å². The van der Waals surface area contributed by atoms with E-state index < -0.39 is 0 Å². The molecule has 0 radical (unpaired) electrons. The van der Waals surface area contributed by atoms with Gasteiger partial charge < -0.3 is 14.9 Å². The van der Waals surface area contributed by atoms with E-state index in [4.69, 9.17) is 0 Å². The Balaban J connectivity index is 1.55. The molecule has 0 spiro atoms. The average Bonchev–Trinajstić information content (AvgIpc) is 3.60. The molecule has 5 aromatic heterocycles. The quantitative estimate of drug-likeness (QED) is 0.230. The third-order valence-electron chi connectivity index (χ3n) is 6.05. The van der Waals surface area contributed by atoms with Crippen molar-refractivity contribution < 1.29 is 0 Å². The minimum Gasteiger partial charge on any atom is -0.358 e. The third kappa shape index (κ3) is 4.36. The summed E-state index contributed by atoms with van der Waals surface area (Å²) >= 11 is 0. The Morgan fingerprint density at radius 3 is 2.69 bits per heavy atom. The smallest absolute Gasteiger partial charge is 0.181 e. The van der Waals surface area contributed by atoms with Crippen LogP contribution in [0.1, 0.15) is 30.3 Å². The molecular weight excluding hydrogens is 448 g/mol. The van der Waals surface area contributed by atoms with Gasteiger partial charge in [0.05, 0.1) is 41.0 Å². The number of aromatic amines is 2. The molecule has 0 amide bonds. The first-order chi connectivity index (χ1) is 17.5. The lowest BCUT2D eigenvalue weighted by molar-refractivity contribution is 1.08. The Morgan fingerprint density at radius 1 is 1.11 bits per heavy atom. The van der Waals surface area contributed by atoms with Crippen molar-refractivity contribution in [2.24, 2.45) is 0 Å². The number of hydrogen-bond donors (Lipinski definition) is 3. The van der Waals surface area contributed by atoms with Gasteiger partial charge in [-0.05, 0) is 44.5 Å². The highest BCUT2D eigenvalue weighted by Crippen LogP contribution is 2.32. The number of allylic oxidation sites excluding steroid dienone is 3. The van der Waals surface area contributed by atoms with E-state index in [2.05, 4.69) is 74.6 Å².